The number of nitrogens with zero attached hydrogens (tertiary/aromatic N) is 2. The van der Waals surface area contributed by atoms with Crippen molar-refractivity contribution < 1.29 is 9.85 Å². The van der Waals surface area contributed by atoms with Gasteiger partial charge < -0.3 is 0 Å². The van der Waals surface area contributed by atoms with E-state index in [1.165, 1.54) is 29.5 Å². The normalized spacial score (nSPS) is 10.4. The van der Waals surface area contributed by atoms with Crippen molar-refractivity contribution in [2.75, 3.05) is 0 Å². The van der Waals surface area contributed by atoms with Gasteiger partial charge in [-0.15, -0.1) is 0 Å². The summed E-state index contributed by atoms with van der Waals surface area (Å²) in [6.07, 6.45) is 0. The number of thiophene rings is 1. The van der Waals surface area contributed by atoms with Gasteiger partial charge in [-0.3, -0.25) is 20.2 Å². The van der Waals surface area contributed by atoms with Gasteiger partial charge in [0.05, 0.1) is 15.4 Å². The minimum absolute atomic E-state index is 0.0116. The van der Waals surface area contributed by atoms with Crippen molar-refractivity contribution in [3.8, 4) is 22.3 Å². The Kier molecular flexibility index (Phi) is 3.86. The molecule has 0 spiro atoms. The molecule has 0 saturated carbocycles. The maximum atomic E-state index is 11.2. The summed E-state index contributed by atoms with van der Waals surface area (Å²) >= 11 is 1.40. The summed E-state index contributed by atoms with van der Waals surface area (Å²) in [4.78, 5) is 21.3. The van der Waals surface area contributed by atoms with Crippen molar-refractivity contribution in [2.24, 2.45) is 0 Å². The molecule has 0 unspecified atom stereocenters. The van der Waals surface area contributed by atoms with E-state index >= 15 is 0 Å². The Morgan fingerprint density at radius 2 is 1.52 bits per heavy atom. The van der Waals surface area contributed by atoms with E-state index in [4.69, 9.17) is 0 Å². The SMILES string of the molecule is O=[N+]([O-])c1cccc(-c2cscc2-c2ccccc2[N+](=O)[O-])c1. The smallest absolute Gasteiger partial charge is 0.258 e. The quantitative estimate of drug-likeness (QED) is 0.504. The molecule has 6 nitrogen and oxygen atoms in total. The Bertz CT molecular complexity index is 904. The maximum absolute atomic E-state index is 11.2. The van der Waals surface area contributed by atoms with Crippen LogP contribution in [0.5, 0.6) is 0 Å². The van der Waals surface area contributed by atoms with E-state index < -0.39 is 9.85 Å². The molecule has 0 amide bonds. The van der Waals surface area contributed by atoms with E-state index in [1.54, 1.807) is 30.3 Å². The fraction of sp³-hybridized carbons (Fsp3) is 0. The van der Waals surface area contributed by atoms with Crippen LogP contribution in [0.25, 0.3) is 22.3 Å². The summed E-state index contributed by atoms with van der Waals surface area (Å²) in [6.45, 7) is 0. The minimum Gasteiger partial charge on any atom is -0.258 e. The zero-order valence-corrected chi connectivity index (χ0v) is 12.5. The summed E-state index contributed by atoms with van der Waals surface area (Å²) in [5.41, 5.74) is 2.60. The fourth-order valence-corrected chi connectivity index (χ4v) is 3.23. The Morgan fingerprint density at radius 1 is 0.783 bits per heavy atom. The molecular formula is C16H10N2O4S. The van der Waals surface area contributed by atoms with E-state index in [-0.39, 0.29) is 11.4 Å². The average molecular weight is 326 g/mol. The first-order valence-electron chi connectivity index (χ1n) is 6.62. The summed E-state index contributed by atoms with van der Waals surface area (Å²) in [5.74, 6) is 0. The zero-order valence-electron chi connectivity index (χ0n) is 11.7. The lowest BCUT2D eigenvalue weighted by atomic mass is 9.98. The highest BCUT2D eigenvalue weighted by atomic mass is 32.1. The van der Waals surface area contributed by atoms with Gasteiger partial charge in [0.1, 0.15) is 0 Å². The van der Waals surface area contributed by atoms with Crippen molar-refractivity contribution in [1.29, 1.82) is 0 Å². The predicted molar refractivity (Wildman–Crippen MR) is 88.5 cm³/mol. The number of non-ortho nitro benzene ring substituents is 1. The number of nitro benzene ring substituents is 2. The third-order valence-corrected chi connectivity index (χ3v) is 4.16. The number of benzene rings is 2. The molecule has 114 valence electrons. The molecular weight excluding hydrogens is 316 g/mol. The van der Waals surface area contributed by atoms with Crippen LogP contribution in [0.1, 0.15) is 0 Å². The van der Waals surface area contributed by atoms with Gasteiger partial charge in [-0.25, -0.2) is 0 Å². The highest BCUT2D eigenvalue weighted by Crippen LogP contribution is 2.40. The average Bonchev–Trinajstić information content (AvgIpc) is 3.04. The second kappa shape index (κ2) is 5.98. The number of hydrogen-bond acceptors (Lipinski definition) is 5. The molecule has 0 atom stereocenters. The maximum Gasteiger partial charge on any atom is 0.277 e. The van der Waals surface area contributed by atoms with Gasteiger partial charge in [0.15, 0.2) is 0 Å². The summed E-state index contributed by atoms with van der Waals surface area (Å²) in [7, 11) is 0. The van der Waals surface area contributed by atoms with Gasteiger partial charge in [0, 0.05) is 29.3 Å². The molecule has 0 bridgehead atoms. The van der Waals surface area contributed by atoms with Crippen LogP contribution in [0, 0.1) is 20.2 Å². The van der Waals surface area contributed by atoms with Crippen molar-refractivity contribution >= 4 is 22.7 Å². The van der Waals surface area contributed by atoms with E-state index in [9.17, 15) is 20.2 Å². The van der Waals surface area contributed by atoms with Crippen LogP contribution in [0.15, 0.2) is 59.3 Å². The first kappa shape index (κ1) is 14.9. The second-order valence-electron chi connectivity index (χ2n) is 4.78. The number of hydrogen-bond donors (Lipinski definition) is 0. The summed E-state index contributed by atoms with van der Waals surface area (Å²) < 4.78 is 0. The molecule has 3 rings (SSSR count). The lowest BCUT2D eigenvalue weighted by Gasteiger charge is -2.05. The van der Waals surface area contributed by atoms with Crippen LogP contribution in [-0.4, -0.2) is 9.85 Å². The second-order valence-corrected chi connectivity index (χ2v) is 5.52. The number of rotatable bonds is 4. The molecule has 1 heterocycles. The number of nitro groups is 2. The molecule has 0 aliphatic heterocycles. The Morgan fingerprint density at radius 3 is 2.26 bits per heavy atom. The Labute approximate surface area is 134 Å². The van der Waals surface area contributed by atoms with E-state index in [0.29, 0.717) is 16.7 Å². The largest absolute Gasteiger partial charge is 0.277 e. The van der Waals surface area contributed by atoms with Crippen LogP contribution >= 0.6 is 11.3 Å². The van der Waals surface area contributed by atoms with Gasteiger partial charge in [-0.2, -0.15) is 11.3 Å². The molecule has 2 aromatic carbocycles. The lowest BCUT2D eigenvalue weighted by Crippen LogP contribution is -1.92. The topological polar surface area (TPSA) is 86.3 Å². The van der Waals surface area contributed by atoms with Crippen molar-refractivity contribution in [1.82, 2.24) is 0 Å². The van der Waals surface area contributed by atoms with Crippen molar-refractivity contribution in [3.05, 3.63) is 79.5 Å². The minimum atomic E-state index is -0.458. The molecule has 0 radical (unpaired) electrons. The molecule has 23 heavy (non-hydrogen) atoms. The van der Waals surface area contributed by atoms with Crippen molar-refractivity contribution in [3.63, 3.8) is 0 Å². The zero-order chi connectivity index (χ0) is 16.4. The van der Waals surface area contributed by atoms with E-state index in [0.717, 1.165) is 5.56 Å². The van der Waals surface area contributed by atoms with Crippen LogP contribution in [0.2, 0.25) is 0 Å². The van der Waals surface area contributed by atoms with Crippen LogP contribution in [-0.2, 0) is 0 Å². The van der Waals surface area contributed by atoms with Crippen LogP contribution in [0.4, 0.5) is 11.4 Å². The van der Waals surface area contributed by atoms with E-state index in [1.807, 2.05) is 10.8 Å². The molecule has 0 fully saturated rings. The third kappa shape index (κ3) is 2.82. The summed E-state index contributed by atoms with van der Waals surface area (Å²) in [6, 6.07) is 12.7. The first-order valence-corrected chi connectivity index (χ1v) is 7.57. The third-order valence-electron chi connectivity index (χ3n) is 3.42. The van der Waals surface area contributed by atoms with Gasteiger partial charge in [0.25, 0.3) is 11.4 Å². The molecule has 0 saturated heterocycles. The summed E-state index contributed by atoms with van der Waals surface area (Å²) in [5, 5.41) is 25.8. The van der Waals surface area contributed by atoms with Gasteiger partial charge in [-0.1, -0.05) is 24.3 Å². The molecule has 0 aliphatic carbocycles. The van der Waals surface area contributed by atoms with Gasteiger partial charge in [-0.05, 0) is 22.4 Å². The van der Waals surface area contributed by atoms with Crippen LogP contribution < -0.4 is 0 Å². The molecule has 3 aromatic rings. The standard InChI is InChI=1S/C16H10N2O4S/c19-17(20)12-5-3-4-11(8-12)14-9-23-10-15(14)13-6-1-2-7-16(13)18(21)22/h1-10H. The predicted octanol–water partition coefficient (Wildman–Crippen LogP) is 4.90. The molecule has 0 N–H and O–H groups in total. The fourth-order valence-electron chi connectivity index (χ4n) is 2.38. The van der Waals surface area contributed by atoms with Gasteiger partial charge in [0.2, 0.25) is 0 Å². The molecule has 1 aromatic heterocycles. The van der Waals surface area contributed by atoms with Crippen LogP contribution in [0.3, 0.4) is 0 Å². The van der Waals surface area contributed by atoms with Crippen molar-refractivity contribution in [2.45, 2.75) is 0 Å². The highest BCUT2D eigenvalue weighted by Gasteiger charge is 2.19. The van der Waals surface area contributed by atoms with Gasteiger partial charge >= 0.3 is 0 Å². The van der Waals surface area contributed by atoms with E-state index in [2.05, 4.69) is 0 Å². The Balaban J connectivity index is 2.16. The number of para-hydroxylation sites is 1. The molecule has 7 heteroatoms. The molecule has 0 aliphatic rings. The monoisotopic (exact) mass is 326 g/mol. The lowest BCUT2D eigenvalue weighted by molar-refractivity contribution is -0.384. The Hall–Kier alpha value is -3.06. The highest BCUT2D eigenvalue weighted by molar-refractivity contribution is 7.08. The first-order chi connectivity index (χ1) is 11.1.